The van der Waals surface area contributed by atoms with E-state index >= 15 is 0 Å². The molecule has 76 valence electrons. The van der Waals surface area contributed by atoms with E-state index in [1.807, 2.05) is 0 Å². The van der Waals surface area contributed by atoms with Crippen molar-refractivity contribution in [3.05, 3.63) is 0 Å². The van der Waals surface area contributed by atoms with Crippen LogP contribution >= 0.6 is 0 Å². The van der Waals surface area contributed by atoms with Crippen molar-refractivity contribution in [2.75, 3.05) is 26.2 Å². The van der Waals surface area contributed by atoms with Crippen LogP contribution < -0.4 is 0 Å². The van der Waals surface area contributed by atoms with Crippen LogP contribution in [0.15, 0.2) is 0 Å². The number of hydrogen-bond donors (Lipinski definition) is 1. The van der Waals surface area contributed by atoms with Gasteiger partial charge in [-0.1, -0.05) is 6.92 Å². The molecule has 0 radical (unpaired) electrons. The number of aliphatic hydroxyl groups excluding tert-OH is 1. The van der Waals surface area contributed by atoms with Gasteiger partial charge in [0.15, 0.2) is 0 Å². The Morgan fingerprint density at radius 2 is 2.00 bits per heavy atom. The fraction of sp³-hybridized carbons (Fsp3) is 0.900. The number of aliphatic hydroxyl groups is 1. The number of nitrogens with zero attached hydrogens (tertiary/aromatic N) is 2. The van der Waals surface area contributed by atoms with Gasteiger partial charge in [-0.2, -0.15) is 5.26 Å². The number of unbranched alkanes of at least 4 members (excludes halogenated alkanes) is 2. The lowest BCUT2D eigenvalue weighted by atomic mass is 10.2. The van der Waals surface area contributed by atoms with Gasteiger partial charge < -0.3 is 10.0 Å². The van der Waals surface area contributed by atoms with E-state index in [1.165, 1.54) is 0 Å². The average Bonchev–Trinajstić information content (AvgIpc) is 2.17. The second kappa shape index (κ2) is 9.50. The Balaban J connectivity index is 3.32. The predicted molar refractivity (Wildman–Crippen MR) is 53.3 cm³/mol. The van der Waals surface area contributed by atoms with Crippen LogP contribution in [0.4, 0.5) is 0 Å². The van der Waals surface area contributed by atoms with E-state index in [4.69, 9.17) is 10.4 Å². The minimum Gasteiger partial charge on any atom is -0.396 e. The molecule has 0 fully saturated rings. The highest BCUT2D eigenvalue weighted by molar-refractivity contribution is 4.71. The Hall–Kier alpha value is -0.590. The molecule has 0 heterocycles. The van der Waals surface area contributed by atoms with Crippen molar-refractivity contribution < 1.29 is 5.11 Å². The second-order valence-electron chi connectivity index (χ2n) is 3.13. The maximum Gasteiger partial charge on any atom is 0.0635 e. The molecule has 0 aliphatic rings. The first-order valence-corrected chi connectivity index (χ1v) is 5.05. The van der Waals surface area contributed by atoms with Crippen molar-refractivity contribution in [2.45, 2.75) is 32.6 Å². The molecule has 0 bridgehead atoms. The van der Waals surface area contributed by atoms with Gasteiger partial charge in [-0.3, -0.25) is 0 Å². The summed E-state index contributed by atoms with van der Waals surface area (Å²) in [4.78, 5) is 2.28. The first-order chi connectivity index (χ1) is 6.35. The zero-order valence-electron chi connectivity index (χ0n) is 8.50. The summed E-state index contributed by atoms with van der Waals surface area (Å²) in [6.07, 6.45) is 3.73. The molecule has 0 saturated heterocycles. The number of hydrogen-bond acceptors (Lipinski definition) is 3. The van der Waals surface area contributed by atoms with Gasteiger partial charge in [0, 0.05) is 19.6 Å². The molecule has 0 rings (SSSR count). The fourth-order valence-electron chi connectivity index (χ4n) is 1.26. The molecule has 1 N–H and O–H groups in total. The van der Waals surface area contributed by atoms with Crippen LogP contribution in [0.3, 0.4) is 0 Å². The summed E-state index contributed by atoms with van der Waals surface area (Å²) in [6.45, 7) is 5.36. The molecule has 0 aromatic rings. The van der Waals surface area contributed by atoms with E-state index in [1.54, 1.807) is 0 Å². The van der Waals surface area contributed by atoms with E-state index in [2.05, 4.69) is 17.9 Å². The van der Waals surface area contributed by atoms with Gasteiger partial charge in [0.2, 0.25) is 0 Å². The Labute approximate surface area is 81.0 Å². The molecule has 13 heavy (non-hydrogen) atoms. The average molecular weight is 184 g/mol. The minimum absolute atomic E-state index is 0.296. The van der Waals surface area contributed by atoms with Crippen molar-refractivity contribution in [3.8, 4) is 6.07 Å². The first kappa shape index (κ1) is 12.4. The van der Waals surface area contributed by atoms with E-state index < -0.39 is 0 Å². The van der Waals surface area contributed by atoms with Crippen molar-refractivity contribution >= 4 is 0 Å². The molecule has 0 saturated carbocycles. The topological polar surface area (TPSA) is 47.3 Å². The van der Waals surface area contributed by atoms with Crippen LogP contribution in [0.2, 0.25) is 0 Å². The molecule has 0 aliphatic heterocycles. The highest BCUT2D eigenvalue weighted by Crippen LogP contribution is 1.98. The van der Waals surface area contributed by atoms with Crippen molar-refractivity contribution in [1.29, 1.82) is 5.26 Å². The van der Waals surface area contributed by atoms with Gasteiger partial charge in [0.1, 0.15) is 0 Å². The third kappa shape index (κ3) is 7.76. The van der Waals surface area contributed by atoms with Gasteiger partial charge in [0.05, 0.1) is 6.07 Å². The van der Waals surface area contributed by atoms with Gasteiger partial charge in [0.25, 0.3) is 0 Å². The minimum atomic E-state index is 0.296. The highest BCUT2D eigenvalue weighted by Gasteiger charge is 2.00. The lowest BCUT2D eigenvalue weighted by Crippen LogP contribution is -2.25. The summed E-state index contributed by atoms with van der Waals surface area (Å²) >= 11 is 0. The summed E-state index contributed by atoms with van der Waals surface area (Å²) < 4.78 is 0. The fourth-order valence-corrected chi connectivity index (χ4v) is 1.26. The predicted octanol–water partition coefficient (Wildman–Crippen LogP) is 1.38. The molecule has 0 unspecified atom stereocenters. The molecule has 0 amide bonds. The summed E-state index contributed by atoms with van der Waals surface area (Å²) in [5, 5.41) is 17.0. The van der Waals surface area contributed by atoms with Crippen LogP contribution in [-0.4, -0.2) is 36.2 Å². The third-order valence-corrected chi connectivity index (χ3v) is 2.12. The smallest absolute Gasteiger partial charge is 0.0635 e. The Kier molecular flexibility index (Phi) is 9.07. The highest BCUT2D eigenvalue weighted by atomic mass is 16.2. The SMILES string of the molecule is CCN(CCC#N)CCCCCO. The standard InChI is InChI=1S/C10H20N2O/c1-2-12(9-6-7-11)8-4-3-5-10-13/h13H,2-6,8-10H2,1H3. The van der Waals surface area contributed by atoms with Gasteiger partial charge >= 0.3 is 0 Å². The maximum atomic E-state index is 8.57. The normalized spacial score (nSPS) is 10.3. The zero-order valence-corrected chi connectivity index (χ0v) is 8.50. The lowest BCUT2D eigenvalue weighted by Gasteiger charge is -2.18. The maximum absolute atomic E-state index is 8.57. The third-order valence-electron chi connectivity index (χ3n) is 2.12. The molecule has 0 spiro atoms. The lowest BCUT2D eigenvalue weighted by molar-refractivity contribution is 0.262. The number of nitriles is 1. The zero-order chi connectivity index (χ0) is 9.94. The van der Waals surface area contributed by atoms with Crippen LogP contribution in [0, 0.1) is 11.3 Å². The molecular formula is C10H20N2O. The van der Waals surface area contributed by atoms with Crippen molar-refractivity contribution in [1.82, 2.24) is 4.90 Å². The van der Waals surface area contributed by atoms with Gasteiger partial charge in [-0.05, 0) is 32.4 Å². The van der Waals surface area contributed by atoms with Crippen LogP contribution in [-0.2, 0) is 0 Å². The molecule has 0 aromatic carbocycles. The second-order valence-corrected chi connectivity index (χ2v) is 3.13. The molecule has 3 nitrogen and oxygen atoms in total. The van der Waals surface area contributed by atoms with Crippen LogP contribution in [0.1, 0.15) is 32.6 Å². The Morgan fingerprint density at radius 1 is 1.23 bits per heavy atom. The summed E-state index contributed by atoms with van der Waals surface area (Å²) in [7, 11) is 0. The largest absolute Gasteiger partial charge is 0.396 e. The van der Waals surface area contributed by atoms with Gasteiger partial charge in [-0.15, -0.1) is 0 Å². The molecule has 0 atom stereocenters. The van der Waals surface area contributed by atoms with E-state index in [-0.39, 0.29) is 0 Å². The van der Waals surface area contributed by atoms with E-state index in [9.17, 15) is 0 Å². The van der Waals surface area contributed by atoms with Crippen molar-refractivity contribution in [2.24, 2.45) is 0 Å². The molecular weight excluding hydrogens is 164 g/mol. The van der Waals surface area contributed by atoms with E-state index in [0.717, 1.165) is 38.9 Å². The monoisotopic (exact) mass is 184 g/mol. The van der Waals surface area contributed by atoms with Gasteiger partial charge in [-0.25, -0.2) is 0 Å². The summed E-state index contributed by atoms with van der Waals surface area (Å²) in [5.41, 5.74) is 0. The summed E-state index contributed by atoms with van der Waals surface area (Å²) in [5.74, 6) is 0. The Morgan fingerprint density at radius 3 is 2.54 bits per heavy atom. The molecule has 3 heteroatoms. The van der Waals surface area contributed by atoms with E-state index in [0.29, 0.717) is 13.0 Å². The first-order valence-electron chi connectivity index (χ1n) is 5.05. The molecule has 0 aliphatic carbocycles. The summed E-state index contributed by atoms with van der Waals surface area (Å²) in [6, 6.07) is 2.15. The van der Waals surface area contributed by atoms with Crippen molar-refractivity contribution in [3.63, 3.8) is 0 Å². The van der Waals surface area contributed by atoms with Crippen LogP contribution in [0.25, 0.3) is 0 Å². The number of rotatable bonds is 8. The molecule has 0 aromatic heterocycles. The quantitative estimate of drug-likeness (QED) is 0.580. The van der Waals surface area contributed by atoms with Crippen LogP contribution in [0.5, 0.6) is 0 Å². The Bertz CT molecular complexity index is 142.